The summed E-state index contributed by atoms with van der Waals surface area (Å²) in [6.45, 7) is 0.565. The van der Waals surface area contributed by atoms with Crippen molar-refractivity contribution in [2.24, 2.45) is 0 Å². The van der Waals surface area contributed by atoms with Crippen molar-refractivity contribution in [3.05, 3.63) is 53.1 Å². The Balaban J connectivity index is 2.02. The molecular formula is C13H12ClNO2. The molecule has 0 unspecified atom stereocenters. The molecule has 3 nitrogen and oxygen atoms in total. The van der Waals surface area contributed by atoms with E-state index in [1.54, 1.807) is 18.2 Å². The second-order valence-electron chi connectivity index (χ2n) is 3.68. The Bertz CT molecular complexity index is 511. The number of aromatic hydroxyl groups is 2. The Morgan fingerprint density at radius 1 is 0.941 bits per heavy atom. The van der Waals surface area contributed by atoms with Crippen molar-refractivity contribution in [3.63, 3.8) is 0 Å². The number of anilines is 1. The maximum Gasteiger partial charge on any atom is 0.157 e. The van der Waals surface area contributed by atoms with Crippen molar-refractivity contribution >= 4 is 17.3 Å². The fourth-order valence-electron chi connectivity index (χ4n) is 1.45. The number of phenols is 2. The van der Waals surface area contributed by atoms with Crippen molar-refractivity contribution in [1.29, 1.82) is 0 Å². The second kappa shape index (κ2) is 4.97. The van der Waals surface area contributed by atoms with Gasteiger partial charge in [0.25, 0.3) is 0 Å². The highest BCUT2D eigenvalue weighted by Crippen LogP contribution is 2.25. The molecule has 3 N–H and O–H groups in total. The van der Waals surface area contributed by atoms with Crippen molar-refractivity contribution in [2.45, 2.75) is 6.54 Å². The molecule has 0 fully saturated rings. The standard InChI is InChI=1S/C13H12ClNO2/c14-10-2-4-11(5-3-10)15-8-9-1-6-12(16)13(17)7-9/h1-7,15-17H,8H2. The van der Waals surface area contributed by atoms with Crippen LogP contribution in [0.4, 0.5) is 5.69 Å². The fourth-order valence-corrected chi connectivity index (χ4v) is 1.58. The van der Waals surface area contributed by atoms with E-state index in [0.717, 1.165) is 11.3 Å². The highest BCUT2D eigenvalue weighted by atomic mass is 35.5. The van der Waals surface area contributed by atoms with Gasteiger partial charge in [-0.1, -0.05) is 17.7 Å². The summed E-state index contributed by atoms with van der Waals surface area (Å²) < 4.78 is 0. The minimum absolute atomic E-state index is 0.111. The highest BCUT2D eigenvalue weighted by molar-refractivity contribution is 6.30. The van der Waals surface area contributed by atoms with Crippen LogP contribution in [0.25, 0.3) is 0 Å². The summed E-state index contributed by atoms with van der Waals surface area (Å²) in [6, 6.07) is 12.1. The SMILES string of the molecule is Oc1ccc(CNc2ccc(Cl)cc2)cc1O. The minimum atomic E-state index is -0.111. The van der Waals surface area contributed by atoms with Crippen LogP contribution < -0.4 is 5.32 Å². The number of hydrogen-bond acceptors (Lipinski definition) is 3. The van der Waals surface area contributed by atoms with Gasteiger partial charge in [0.05, 0.1) is 0 Å². The van der Waals surface area contributed by atoms with Crippen LogP contribution >= 0.6 is 11.6 Å². The van der Waals surface area contributed by atoms with Crippen molar-refractivity contribution in [1.82, 2.24) is 0 Å². The first-order valence-electron chi connectivity index (χ1n) is 5.15. The lowest BCUT2D eigenvalue weighted by atomic mass is 10.2. The monoisotopic (exact) mass is 249 g/mol. The summed E-state index contributed by atoms with van der Waals surface area (Å²) in [4.78, 5) is 0. The Morgan fingerprint density at radius 2 is 1.65 bits per heavy atom. The maximum absolute atomic E-state index is 9.34. The lowest BCUT2D eigenvalue weighted by Crippen LogP contribution is -1.98. The molecule has 0 saturated carbocycles. The van der Waals surface area contributed by atoms with E-state index in [0.29, 0.717) is 11.6 Å². The first-order chi connectivity index (χ1) is 8.15. The molecule has 17 heavy (non-hydrogen) atoms. The highest BCUT2D eigenvalue weighted by Gasteiger charge is 2.00. The molecule has 88 valence electrons. The number of hydrogen-bond donors (Lipinski definition) is 3. The molecule has 4 heteroatoms. The molecule has 0 aliphatic carbocycles. The molecule has 0 saturated heterocycles. The van der Waals surface area contributed by atoms with Gasteiger partial charge in [0.15, 0.2) is 11.5 Å². The van der Waals surface area contributed by atoms with Gasteiger partial charge >= 0.3 is 0 Å². The van der Waals surface area contributed by atoms with Gasteiger partial charge < -0.3 is 15.5 Å². The number of phenolic OH excluding ortho intramolecular Hbond substituents is 2. The summed E-state index contributed by atoms with van der Waals surface area (Å²) in [5, 5.41) is 22.4. The summed E-state index contributed by atoms with van der Waals surface area (Å²) >= 11 is 5.78. The molecule has 0 amide bonds. The van der Waals surface area contributed by atoms with E-state index in [4.69, 9.17) is 11.6 Å². The molecule has 2 aromatic carbocycles. The molecule has 0 atom stereocenters. The van der Waals surface area contributed by atoms with Crippen LogP contribution in [-0.2, 0) is 6.54 Å². The molecule has 0 radical (unpaired) electrons. The predicted octanol–water partition coefficient (Wildman–Crippen LogP) is 3.36. The Hall–Kier alpha value is -1.87. The third-order valence-electron chi connectivity index (χ3n) is 2.38. The topological polar surface area (TPSA) is 52.5 Å². The Labute approximate surface area is 104 Å². The van der Waals surface area contributed by atoms with E-state index in [9.17, 15) is 10.2 Å². The molecule has 0 heterocycles. The van der Waals surface area contributed by atoms with Gasteiger partial charge in [0.2, 0.25) is 0 Å². The van der Waals surface area contributed by atoms with Crippen molar-refractivity contribution in [2.75, 3.05) is 5.32 Å². The smallest absolute Gasteiger partial charge is 0.157 e. The van der Waals surface area contributed by atoms with Crippen LogP contribution in [0.15, 0.2) is 42.5 Å². The minimum Gasteiger partial charge on any atom is -0.504 e. The van der Waals surface area contributed by atoms with Crippen LogP contribution in [-0.4, -0.2) is 10.2 Å². The van der Waals surface area contributed by atoms with E-state index in [-0.39, 0.29) is 11.5 Å². The molecule has 0 aliphatic rings. The molecular weight excluding hydrogens is 238 g/mol. The number of benzene rings is 2. The number of nitrogens with one attached hydrogen (secondary N) is 1. The molecule has 0 bridgehead atoms. The summed E-state index contributed by atoms with van der Waals surface area (Å²) in [5.74, 6) is -0.222. The van der Waals surface area contributed by atoms with E-state index in [1.807, 2.05) is 12.1 Å². The second-order valence-corrected chi connectivity index (χ2v) is 4.12. The van der Waals surface area contributed by atoms with Gasteiger partial charge in [-0.15, -0.1) is 0 Å². The number of rotatable bonds is 3. The lowest BCUT2D eigenvalue weighted by Gasteiger charge is -2.07. The molecule has 2 aromatic rings. The predicted molar refractivity (Wildman–Crippen MR) is 68.6 cm³/mol. The Kier molecular flexibility index (Phi) is 3.40. The normalized spacial score (nSPS) is 10.2. The third kappa shape index (κ3) is 3.04. The summed E-state index contributed by atoms with van der Waals surface area (Å²) in [7, 11) is 0. The van der Waals surface area contributed by atoms with E-state index in [1.165, 1.54) is 12.1 Å². The lowest BCUT2D eigenvalue weighted by molar-refractivity contribution is 0.403. The zero-order valence-corrected chi connectivity index (χ0v) is 9.78. The summed E-state index contributed by atoms with van der Waals surface area (Å²) in [6.07, 6.45) is 0. The zero-order valence-electron chi connectivity index (χ0n) is 9.02. The average Bonchev–Trinajstić information content (AvgIpc) is 2.33. The largest absolute Gasteiger partial charge is 0.504 e. The van der Waals surface area contributed by atoms with Gasteiger partial charge in [-0.05, 0) is 42.0 Å². The Morgan fingerprint density at radius 3 is 2.29 bits per heavy atom. The molecule has 0 aliphatic heterocycles. The van der Waals surface area contributed by atoms with Crippen LogP contribution in [0.3, 0.4) is 0 Å². The summed E-state index contributed by atoms with van der Waals surface area (Å²) in [5.41, 5.74) is 1.83. The van der Waals surface area contributed by atoms with Gasteiger partial charge in [-0.3, -0.25) is 0 Å². The van der Waals surface area contributed by atoms with Crippen LogP contribution in [0, 0.1) is 0 Å². The maximum atomic E-state index is 9.34. The van der Waals surface area contributed by atoms with Gasteiger partial charge in [-0.25, -0.2) is 0 Å². The van der Waals surface area contributed by atoms with Crippen molar-refractivity contribution in [3.8, 4) is 11.5 Å². The van der Waals surface area contributed by atoms with E-state index >= 15 is 0 Å². The average molecular weight is 250 g/mol. The molecule has 0 spiro atoms. The van der Waals surface area contributed by atoms with Crippen LogP contribution in [0.5, 0.6) is 11.5 Å². The number of halogens is 1. The van der Waals surface area contributed by atoms with Gasteiger partial charge in [0, 0.05) is 17.3 Å². The molecule has 0 aromatic heterocycles. The fraction of sp³-hybridized carbons (Fsp3) is 0.0769. The van der Waals surface area contributed by atoms with Crippen molar-refractivity contribution < 1.29 is 10.2 Å². The third-order valence-corrected chi connectivity index (χ3v) is 2.63. The first kappa shape index (κ1) is 11.6. The van der Waals surface area contributed by atoms with Gasteiger partial charge in [-0.2, -0.15) is 0 Å². The zero-order chi connectivity index (χ0) is 12.3. The van der Waals surface area contributed by atoms with Gasteiger partial charge in [0.1, 0.15) is 0 Å². The van der Waals surface area contributed by atoms with Crippen LogP contribution in [0.1, 0.15) is 5.56 Å². The van der Waals surface area contributed by atoms with Crippen LogP contribution in [0.2, 0.25) is 5.02 Å². The van der Waals surface area contributed by atoms with E-state index in [2.05, 4.69) is 5.32 Å². The van der Waals surface area contributed by atoms with E-state index < -0.39 is 0 Å². The first-order valence-corrected chi connectivity index (χ1v) is 5.53. The molecule has 2 rings (SSSR count). The quantitative estimate of drug-likeness (QED) is 0.731.